The summed E-state index contributed by atoms with van der Waals surface area (Å²) in [7, 11) is 0. The van der Waals surface area contributed by atoms with Crippen molar-refractivity contribution in [1.29, 1.82) is 0 Å². The lowest BCUT2D eigenvalue weighted by atomic mass is 10.2. The molecule has 2 aromatic heterocycles. The fraction of sp³-hybridized carbons (Fsp3) is 0.0833. The number of H-pyrrole nitrogens is 1. The number of aromatic amines is 1. The molecule has 0 aliphatic rings. The molecule has 0 spiro atoms. The molecule has 2 heterocycles. The Morgan fingerprint density at radius 2 is 1.95 bits per heavy atom. The van der Waals surface area contributed by atoms with E-state index in [1.807, 2.05) is 0 Å². The summed E-state index contributed by atoms with van der Waals surface area (Å²) in [5.41, 5.74) is 4.76. The number of alkyl halides is 3. The smallest absolute Gasteiger partial charge is 0.419 e. The van der Waals surface area contributed by atoms with Crippen LogP contribution < -0.4 is 10.5 Å². The molecule has 22 heavy (non-hydrogen) atoms. The van der Waals surface area contributed by atoms with Crippen LogP contribution in [-0.4, -0.2) is 19.9 Å². The second kappa shape index (κ2) is 4.83. The lowest BCUT2D eigenvalue weighted by Crippen LogP contribution is -2.08. The fourth-order valence-electron chi connectivity index (χ4n) is 1.77. The zero-order chi connectivity index (χ0) is 15.9. The SMILES string of the molecule is Nc1nc(Oc2ccc(F)c(C(F)(F)F)c2)nc2nc[nH]c12. The highest BCUT2D eigenvalue weighted by Gasteiger charge is 2.34. The van der Waals surface area contributed by atoms with Gasteiger partial charge in [0.25, 0.3) is 0 Å². The van der Waals surface area contributed by atoms with Crippen LogP contribution in [-0.2, 0) is 6.18 Å². The highest BCUT2D eigenvalue weighted by molar-refractivity contribution is 5.81. The summed E-state index contributed by atoms with van der Waals surface area (Å²) in [6.45, 7) is 0. The summed E-state index contributed by atoms with van der Waals surface area (Å²) in [6.07, 6.45) is -3.51. The molecule has 3 rings (SSSR count). The average molecular weight is 313 g/mol. The minimum absolute atomic E-state index is 0.0238. The summed E-state index contributed by atoms with van der Waals surface area (Å²) < 4.78 is 56.2. The van der Waals surface area contributed by atoms with Gasteiger partial charge in [0.05, 0.1) is 11.9 Å². The van der Waals surface area contributed by atoms with Gasteiger partial charge in [-0.1, -0.05) is 0 Å². The van der Waals surface area contributed by atoms with Crippen molar-refractivity contribution in [2.45, 2.75) is 6.18 Å². The Morgan fingerprint density at radius 1 is 1.18 bits per heavy atom. The highest BCUT2D eigenvalue weighted by Crippen LogP contribution is 2.34. The number of benzene rings is 1. The average Bonchev–Trinajstić information content (AvgIpc) is 2.88. The first-order chi connectivity index (χ1) is 10.3. The van der Waals surface area contributed by atoms with E-state index in [0.29, 0.717) is 17.6 Å². The molecule has 3 N–H and O–H groups in total. The molecule has 0 aliphatic heterocycles. The molecule has 114 valence electrons. The maximum atomic E-state index is 13.2. The zero-order valence-electron chi connectivity index (χ0n) is 10.6. The molecule has 3 aromatic rings. The molecule has 1 aromatic carbocycles. The number of nitrogens with one attached hydrogen (secondary N) is 1. The summed E-state index contributed by atoms with van der Waals surface area (Å²) in [6, 6.07) is 1.90. The van der Waals surface area contributed by atoms with Crippen molar-refractivity contribution in [1.82, 2.24) is 19.9 Å². The van der Waals surface area contributed by atoms with Gasteiger partial charge < -0.3 is 15.5 Å². The third-order valence-electron chi connectivity index (χ3n) is 2.75. The Bertz CT molecular complexity index is 845. The van der Waals surface area contributed by atoms with Crippen molar-refractivity contribution in [2.75, 3.05) is 5.73 Å². The molecule has 0 radical (unpaired) electrons. The van der Waals surface area contributed by atoms with E-state index in [1.54, 1.807) is 0 Å². The van der Waals surface area contributed by atoms with Crippen LogP contribution in [0.5, 0.6) is 11.8 Å². The van der Waals surface area contributed by atoms with Gasteiger partial charge in [0.1, 0.15) is 17.1 Å². The topological polar surface area (TPSA) is 89.7 Å². The Labute approximate surface area is 120 Å². The zero-order valence-corrected chi connectivity index (χ0v) is 10.6. The molecular weight excluding hydrogens is 306 g/mol. The molecular formula is C12H7F4N5O. The van der Waals surface area contributed by atoms with Crippen LogP contribution in [0.1, 0.15) is 5.56 Å². The molecule has 0 unspecified atom stereocenters. The van der Waals surface area contributed by atoms with E-state index in [0.717, 1.165) is 6.07 Å². The lowest BCUT2D eigenvalue weighted by molar-refractivity contribution is -0.140. The van der Waals surface area contributed by atoms with E-state index in [4.69, 9.17) is 10.5 Å². The molecule has 0 bridgehead atoms. The van der Waals surface area contributed by atoms with Crippen molar-refractivity contribution in [3.63, 3.8) is 0 Å². The normalized spacial score (nSPS) is 11.8. The van der Waals surface area contributed by atoms with Gasteiger partial charge in [-0.05, 0) is 18.2 Å². The number of fused-ring (bicyclic) bond motifs is 1. The summed E-state index contributed by atoms with van der Waals surface area (Å²) >= 11 is 0. The monoisotopic (exact) mass is 313 g/mol. The maximum Gasteiger partial charge on any atom is 0.419 e. The van der Waals surface area contributed by atoms with E-state index in [1.165, 1.54) is 6.33 Å². The molecule has 10 heteroatoms. The molecule has 0 saturated carbocycles. The van der Waals surface area contributed by atoms with Crippen LogP contribution in [0.25, 0.3) is 11.2 Å². The van der Waals surface area contributed by atoms with Crippen LogP contribution in [0.2, 0.25) is 0 Å². The van der Waals surface area contributed by atoms with Crippen LogP contribution in [0.4, 0.5) is 23.4 Å². The number of aromatic nitrogens is 4. The van der Waals surface area contributed by atoms with Crippen molar-refractivity contribution < 1.29 is 22.3 Å². The van der Waals surface area contributed by atoms with Crippen molar-refractivity contribution >= 4 is 17.0 Å². The van der Waals surface area contributed by atoms with E-state index in [9.17, 15) is 17.6 Å². The molecule has 0 aliphatic carbocycles. The third-order valence-corrected chi connectivity index (χ3v) is 2.75. The number of hydrogen-bond donors (Lipinski definition) is 2. The van der Waals surface area contributed by atoms with Crippen LogP contribution in [0.3, 0.4) is 0 Å². The van der Waals surface area contributed by atoms with Gasteiger partial charge in [0.15, 0.2) is 11.5 Å². The van der Waals surface area contributed by atoms with Gasteiger partial charge >= 0.3 is 12.2 Å². The number of halogens is 4. The first kappa shape index (κ1) is 14.0. The summed E-state index contributed by atoms with van der Waals surface area (Å²) in [4.78, 5) is 14.2. The number of nitrogens with zero attached hydrogens (tertiary/aromatic N) is 3. The van der Waals surface area contributed by atoms with Gasteiger partial charge in [-0.15, -0.1) is 0 Å². The van der Waals surface area contributed by atoms with Gasteiger partial charge in [-0.2, -0.15) is 23.1 Å². The number of imidazole rings is 1. The second-order valence-corrected chi connectivity index (χ2v) is 4.23. The Balaban J connectivity index is 1.98. The molecule has 0 atom stereocenters. The largest absolute Gasteiger partial charge is 0.424 e. The van der Waals surface area contributed by atoms with E-state index in [-0.39, 0.29) is 23.2 Å². The first-order valence-electron chi connectivity index (χ1n) is 5.86. The number of nitrogen functional groups attached to an aromatic ring is 1. The van der Waals surface area contributed by atoms with Gasteiger partial charge in [-0.3, -0.25) is 0 Å². The van der Waals surface area contributed by atoms with Crippen LogP contribution in [0.15, 0.2) is 24.5 Å². The van der Waals surface area contributed by atoms with Crippen LogP contribution >= 0.6 is 0 Å². The quantitative estimate of drug-likeness (QED) is 0.710. The van der Waals surface area contributed by atoms with Gasteiger partial charge in [-0.25, -0.2) is 9.37 Å². The van der Waals surface area contributed by atoms with Crippen molar-refractivity contribution in [3.05, 3.63) is 35.9 Å². The number of rotatable bonds is 2. The van der Waals surface area contributed by atoms with Gasteiger partial charge in [0, 0.05) is 0 Å². The molecule has 0 fully saturated rings. The minimum atomic E-state index is -4.84. The van der Waals surface area contributed by atoms with Crippen LogP contribution in [0, 0.1) is 5.82 Å². The number of hydrogen-bond acceptors (Lipinski definition) is 5. The maximum absolute atomic E-state index is 13.2. The molecule has 0 amide bonds. The molecule has 6 nitrogen and oxygen atoms in total. The number of anilines is 1. The Morgan fingerprint density at radius 3 is 2.68 bits per heavy atom. The number of ether oxygens (including phenoxy) is 1. The minimum Gasteiger partial charge on any atom is -0.424 e. The third kappa shape index (κ3) is 2.50. The Kier molecular flexibility index (Phi) is 3.08. The Hall–Kier alpha value is -2.91. The predicted molar refractivity (Wildman–Crippen MR) is 67.6 cm³/mol. The van der Waals surface area contributed by atoms with Crippen molar-refractivity contribution in [3.8, 4) is 11.8 Å². The first-order valence-corrected chi connectivity index (χ1v) is 5.86. The fourth-order valence-corrected chi connectivity index (χ4v) is 1.77. The summed E-state index contributed by atoms with van der Waals surface area (Å²) in [5, 5.41) is 0. The predicted octanol–water partition coefficient (Wildman–Crippen LogP) is 2.89. The van der Waals surface area contributed by atoms with E-state index >= 15 is 0 Å². The van der Waals surface area contributed by atoms with E-state index in [2.05, 4.69) is 19.9 Å². The second-order valence-electron chi connectivity index (χ2n) is 4.23. The molecule has 0 saturated heterocycles. The number of nitrogens with two attached hydrogens (primary N) is 1. The van der Waals surface area contributed by atoms with Gasteiger partial charge in [0.2, 0.25) is 0 Å². The summed E-state index contributed by atoms with van der Waals surface area (Å²) in [5.74, 6) is -1.65. The van der Waals surface area contributed by atoms with E-state index < -0.39 is 17.6 Å². The standard InChI is InChI=1S/C12H7F4N5O/c13-7-2-1-5(3-6(7)12(14,15)16)22-11-20-9(17)8-10(21-11)19-4-18-8/h1-4H,(H3,17,18,19,20,21). The highest BCUT2D eigenvalue weighted by atomic mass is 19.4. The lowest BCUT2D eigenvalue weighted by Gasteiger charge is -2.10. The van der Waals surface area contributed by atoms with Crippen molar-refractivity contribution in [2.24, 2.45) is 0 Å².